The molecule has 0 spiro atoms. The molecule has 0 bridgehead atoms. The average Bonchev–Trinajstić information content (AvgIpc) is 3.22. The maximum Gasteiger partial charge on any atom is 0.305 e. The number of carboxylic acids is 1. The van der Waals surface area contributed by atoms with Gasteiger partial charge in [0.1, 0.15) is 22.9 Å². The van der Waals surface area contributed by atoms with Gasteiger partial charge in [0.05, 0.1) is 18.1 Å². The minimum atomic E-state index is -0.999. The number of anilines is 3. The Kier molecular flexibility index (Phi) is 8.62. The molecule has 0 saturated carbocycles. The lowest BCUT2D eigenvalue weighted by molar-refractivity contribution is -0.137. The first-order valence-electron chi connectivity index (χ1n) is 12.5. The highest BCUT2D eigenvalue weighted by atomic mass is 19.1. The number of nitrogens with two attached hydrogens (primary N) is 1. The summed E-state index contributed by atoms with van der Waals surface area (Å²) >= 11 is 0. The number of likely N-dealkylation sites (N-methyl/N-ethyl adjacent to an activating group) is 1. The molecule has 1 aromatic carbocycles. The summed E-state index contributed by atoms with van der Waals surface area (Å²) in [5, 5.41) is 18.6. The second kappa shape index (κ2) is 12.1. The van der Waals surface area contributed by atoms with Crippen LogP contribution in [0.1, 0.15) is 37.7 Å². The molecule has 3 heterocycles. The van der Waals surface area contributed by atoms with Gasteiger partial charge in [0.15, 0.2) is 11.6 Å². The number of rotatable bonds is 12. The highest BCUT2D eigenvalue weighted by molar-refractivity contribution is 5.83. The number of carbonyl (C=O) groups is 1. The Hall–Kier alpha value is -4.23. The molecule has 3 aromatic heterocycles. The van der Waals surface area contributed by atoms with Crippen LogP contribution in [0.25, 0.3) is 22.3 Å². The number of benzene rings is 1. The molecule has 0 aliphatic rings. The number of nitrogens with zero attached hydrogens (tertiary/aromatic N) is 5. The molecule has 11 nitrogen and oxygen atoms in total. The van der Waals surface area contributed by atoms with Crippen LogP contribution in [0.15, 0.2) is 30.6 Å². The smallest absolute Gasteiger partial charge is 0.305 e. The molecule has 13 heteroatoms. The Bertz CT molecular complexity index is 1490. The van der Waals surface area contributed by atoms with Crippen LogP contribution in [0.2, 0.25) is 0 Å². The monoisotopic (exact) mass is 539 g/mol. The van der Waals surface area contributed by atoms with Crippen molar-refractivity contribution in [3.8, 4) is 11.3 Å². The van der Waals surface area contributed by atoms with Gasteiger partial charge in [-0.15, -0.1) is 0 Å². The van der Waals surface area contributed by atoms with E-state index in [2.05, 4.69) is 35.9 Å². The molecular weight excluding hydrogens is 508 g/mol. The van der Waals surface area contributed by atoms with Gasteiger partial charge in [-0.25, -0.2) is 28.7 Å². The summed E-state index contributed by atoms with van der Waals surface area (Å²) in [5.74, 6) is -1.59. The second-order valence-electron chi connectivity index (χ2n) is 9.12. The molecule has 1 atom stereocenters. The number of carboxylic acid groups (broad SMARTS) is 1. The Morgan fingerprint density at radius 1 is 1.10 bits per heavy atom. The average molecular weight is 540 g/mol. The van der Waals surface area contributed by atoms with Gasteiger partial charge in [0.2, 0.25) is 5.95 Å². The molecule has 4 aromatic rings. The summed E-state index contributed by atoms with van der Waals surface area (Å²) in [7, 11) is 0. The number of imidazole rings is 1. The fraction of sp³-hybridized carbons (Fsp3) is 0.346. The Morgan fingerprint density at radius 2 is 1.87 bits per heavy atom. The van der Waals surface area contributed by atoms with Gasteiger partial charge in [0.25, 0.3) is 0 Å². The molecule has 0 unspecified atom stereocenters. The number of aryl methyl sites for hydroxylation is 1. The molecule has 0 radical (unpaired) electrons. The van der Waals surface area contributed by atoms with Gasteiger partial charge in [-0.2, -0.15) is 0 Å². The third-order valence-electron chi connectivity index (χ3n) is 6.16. The topological polar surface area (TPSA) is 156 Å². The zero-order chi connectivity index (χ0) is 28.1. The van der Waals surface area contributed by atoms with Crippen LogP contribution in [-0.2, 0) is 11.3 Å². The molecule has 206 valence electrons. The molecule has 0 amide bonds. The van der Waals surface area contributed by atoms with E-state index in [1.54, 1.807) is 36.7 Å². The Morgan fingerprint density at radius 3 is 2.59 bits per heavy atom. The first kappa shape index (κ1) is 27.8. The number of hydrogen-bond donors (Lipinski definition) is 5. The van der Waals surface area contributed by atoms with Crippen molar-refractivity contribution in [1.29, 1.82) is 0 Å². The maximum absolute atomic E-state index is 15.1. The number of halogens is 2. The molecule has 0 aliphatic carbocycles. The fourth-order valence-corrected chi connectivity index (χ4v) is 4.34. The molecular formula is C26H31F2N9O2. The van der Waals surface area contributed by atoms with Crippen molar-refractivity contribution in [3.05, 3.63) is 53.6 Å². The first-order valence-corrected chi connectivity index (χ1v) is 12.5. The Labute approximate surface area is 223 Å². The summed E-state index contributed by atoms with van der Waals surface area (Å²) < 4.78 is 31.5. The van der Waals surface area contributed by atoms with Gasteiger partial charge in [-0.3, -0.25) is 4.79 Å². The summed E-state index contributed by atoms with van der Waals surface area (Å²) in [5.41, 5.74) is 7.93. The van der Waals surface area contributed by atoms with E-state index >= 15 is 4.39 Å². The van der Waals surface area contributed by atoms with E-state index < -0.39 is 23.6 Å². The SMILES string of the molecule is CCNCCNCc1cnc(Nc2ncc(F)c(-c3cc(F)c4nc(C)n([C@H](C)CC(=O)O)c4c3)n2)cc1N. The van der Waals surface area contributed by atoms with Gasteiger partial charge in [-0.05, 0) is 32.5 Å². The zero-order valence-electron chi connectivity index (χ0n) is 21.9. The highest BCUT2D eigenvalue weighted by Crippen LogP contribution is 2.31. The van der Waals surface area contributed by atoms with E-state index in [9.17, 15) is 14.3 Å². The molecule has 0 fully saturated rings. The van der Waals surface area contributed by atoms with Crippen molar-refractivity contribution in [2.45, 2.75) is 39.8 Å². The second-order valence-corrected chi connectivity index (χ2v) is 9.12. The maximum atomic E-state index is 15.1. The third-order valence-corrected chi connectivity index (χ3v) is 6.16. The van der Waals surface area contributed by atoms with Crippen LogP contribution < -0.4 is 21.7 Å². The van der Waals surface area contributed by atoms with Crippen LogP contribution >= 0.6 is 0 Å². The van der Waals surface area contributed by atoms with Crippen molar-refractivity contribution < 1.29 is 18.7 Å². The van der Waals surface area contributed by atoms with Gasteiger partial charge in [-0.1, -0.05) is 6.92 Å². The first-order chi connectivity index (χ1) is 18.7. The standard InChI is InChI=1S/C26H31F2N9O2/c1-4-30-5-6-31-11-17-12-32-22(10-20(17)29)35-26-33-13-19(28)24(36-26)16-8-18(27)25-21(9-16)37(15(3)34-25)14(2)7-23(38)39/h8-10,12-14,30-31H,4-7,11H2,1-3H3,(H,38,39)(H3,29,32,33,35,36)/t14-/m1/s1. The molecule has 6 N–H and O–H groups in total. The third kappa shape index (κ3) is 6.44. The van der Waals surface area contributed by atoms with E-state index in [1.807, 2.05) is 6.92 Å². The number of hydrogen-bond acceptors (Lipinski definition) is 9. The van der Waals surface area contributed by atoms with E-state index in [0.29, 0.717) is 29.4 Å². The predicted molar refractivity (Wildman–Crippen MR) is 145 cm³/mol. The lowest BCUT2D eigenvalue weighted by Crippen LogP contribution is -2.27. The van der Waals surface area contributed by atoms with E-state index in [0.717, 1.165) is 37.5 Å². The van der Waals surface area contributed by atoms with Crippen molar-refractivity contribution >= 4 is 34.5 Å². The van der Waals surface area contributed by atoms with Crippen LogP contribution in [-0.4, -0.2) is 55.2 Å². The summed E-state index contributed by atoms with van der Waals surface area (Å²) in [6, 6.07) is 3.81. The zero-order valence-corrected chi connectivity index (χ0v) is 21.9. The minimum Gasteiger partial charge on any atom is -0.481 e. The van der Waals surface area contributed by atoms with Gasteiger partial charge in [0, 0.05) is 54.8 Å². The number of aliphatic carboxylic acids is 1. The molecule has 0 saturated heterocycles. The molecule has 4 rings (SSSR count). The quantitative estimate of drug-likeness (QED) is 0.169. The summed E-state index contributed by atoms with van der Waals surface area (Å²) in [6.07, 6.45) is 2.43. The van der Waals surface area contributed by atoms with Crippen molar-refractivity contribution in [3.63, 3.8) is 0 Å². The minimum absolute atomic E-state index is 0.0410. The van der Waals surface area contributed by atoms with Crippen molar-refractivity contribution in [2.75, 3.05) is 30.7 Å². The molecule has 39 heavy (non-hydrogen) atoms. The van der Waals surface area contributed by atoms with Crippen molar-refractivity contribution in [1.82, 2.24) is 35.1 Å². The van der Waals surface area contributed by atoms with Crippen molar-refractivity contribution in [2.24, 2.45) is 0 Å². The number of aromatic nitrogens is 5. The van der Waals surface area contributed by atoms with Gasteiger partial charge >= 0.3 is 5.97 Å². The number of nitrogen functional groups attached to an aromatic ring is 1. The van der Waals surface area contributed by atoms with E-state index in [-0.39, 0.29) is 29.1 Å². The Balaban J connectivity index is 1.60. The summed E-state index contributed by atoms with van der Waals surface area (Å²) in [4.78, 5) is 28.1. The van der Waals surface area contributed by atoms with Crippen LogP contribution in [0.5, 0.6) is 0 Å². The predicted octanol–water partition coefficient (Wildman–Crippen LogP) is 3.54. The normalized spacial score (nSPS) is 12.1. The highest BCUT2D eigenvalue weighted by Gasteiger charge is 2.21. The largest absolute Gasteiger partial charge is 0.481 e. The van der Waals surface area contributed by atoms with Gasteiger partial charge < -0.3 is 31.4 Å². The number of nitrogens with one attached hydrogen (secondary N) is 3. The molecule has 0 aliphatic heterocycles. The summed E-state index contributed by atoms with van der Waals surface area (Å²) in [6.45, 7) is 8.48. The van der Waals surface area contributed by atoms with Crippen LogP contribution in [0.4, 0.5) is 26.2 Å². The van der Waals surface area contributed by atoms with Crippen LogP contribution in [0.3, 0.4) is 0 Å². The lowest BCUT2D eigenvalue weighted by atomic mass is 10.1. The lowest BCUT2D eigenvalue weighted by Gasteiger charge is -2.15. The van der Waals surface area contributed by atoms with E-state index in [4.69, 9.17) is 5.73 Å². The number of pyridine rings is 1. The fourth-order valence-electron chi connectivity index (χ4n) is 4.34. The number of fused-ring (bicyclic) bond motifs is 1. The van der Waals surface area contributed by atoms with Crippen LogP contribution in [0, 0.1) is 18.6 Å². The van der Waals surface area contributed by atoms with E-state index in [1.165, 1.54) is 0 Å².